The Kier molecular flexibility index (Phi) is 4.57. The van der Waals surface area contributed by atoms with Gasteiger partial charge in [-0.1, -0.05) is 11.6 Å². The van der Waals surface area contributed by atoms with E-state index < -0.39 is 5.82 Å². The number of carbonyl (C=O) groups excluding carboxylic acids is 1. The Balaban J connectivity index is 1.90. The van der Waals surface area contributed by atoms with Crippen molar-refractivity contribution in [3.05, 3.63) is 39.6 Å². The lowest BCUT2D eigenvalue weighted by Crippen LogP contribution is -2.20. The van der Waals surface area contributed by atoms with Crippen LogP contribution >= 0.6 is 22.9 Å². The molecule has 1 aromatic carbocycles. The Labute approximate surface area is 124 Å². The number of hydrogen-bond acceptors (Lipinski definition) is 4. The number of rotatable bonds is 4. The zero-order chi connectivity index (χ0) is 14.7. The van der Waals surface area contributed by atoms with E-state index >= 15 is 0 Å². The van der Waals surface area contributed by atoms with Gasteiger partial charge in [-0.15, -0.1) is 11.3 Å². The smallest absolute Gasteiger partial charge is 0.264 e. The zero-order valence-corrected chi connectivity index (χ0v) is 12.4. The Bertz CT molecular complexity index is 626. The van der Waals surface area contributed by atoms with Gasteiger partial charge < -0.3 is 4.74 Å². The summed E-state index contributed by atoms with van der Waals surface area (Å²) in [5, 5.41) is 3.12. The number of benzene rings is 1. The molecule has 0 fully saturated rings. The molecule has 4 nitrogen and oxygen atoms in total. The molecule has 0 atom stereocenters. The molecule has 0 saturated carbocycles. The SMILES string of the molecule is Cc1nc(NC(=O)COc2ccc(F)c(Cl)c2)sc1C. The van der Waals surface area contributed by atoms with Crippen LogP contribution in [-0.4, -0.2) is 17.5 Å². The molecule has 0 spiro atoms. The quantitative estimate of drug-likeness (QED) is 0.938. The van der Waals surface area contributed by atoms with Gasteiger partial charge in [0.25, 0.3) is 5.91 Å². The largest absolute Gasteiger partial charge is 0.484 e. The number of hydrogen-bond donors (Lipinski definition) is 1. The number of aryl methyl sites for hydroxylation is 2. The lowest BCUT2D eigenvalue weighted by molar-refractivity contribution is -0.118. The van der Waals surface area contributed by atoms with Crippen LogP contribution in [0.3, 0.4) is 0 Å². The van der Waals surface area contributed by atoms with E-state index in [1.54, 1.807) is 0 Å². The Hall–Kier alpha value is -1.66. The van der Waals surface area contributed by atoms with Crippen molar-refractivity contribution in [2.45, 2.75) is 13.8 Å². The summed E-state index contributed by atoms with van der Waals surface area (Å²) in [6.07, 6.45) is 0. The average molecular weight is 315 g/mol. The van der Waals surface area contributed by atoms with Gasteiger partial charge in [-0.2, -0.15) is 0 Å². The topological polar surface area (TPSA) is 51.2 Å². The molecule has 1 aromatic heterocycles. The van der Waals surface area contributed by atoms with E-state index in [1.807, 2.05) is 13.8 Å². The maximum atomic E-state index is 13.0. The number of amides is 1. The van der Waals surface area contributed by atoms with E-state index in [9.17, 15) is 9.18 Å². The molecule has 0 saturated heterocycles. The minimum Gasteiger partial charge on any atom is -0.484 e. The highest BCUT2D eigenvalue weighted by Crippen LogP contribution is 2.22. The van der Waals surface area contributed by atoms with Crippen LogP contribution in [0, 0.1) is 19.7 Å². The fourth-order valence-electron chi connectivity index (χ4n) is 1.40. The average Bonchev–Trinajstić information content (AvgIpc) is 2.70. The molecule has 0 aliphatic carbocycles. The van der Waals surface area contributed by atoms with Gasteiger partial charge in [0, 0.05) is 10.9 Å². The fraction of sp³-hybridized carbons (Fsp3) is 0.231. The molecule has 0 bridgehead atoms. The molecule has 20 heavy (non-hydrogen) atoms. The van der Waals surface area contributed by atoms with Crippen LogP contribution in [0.2, 0.25) is 5.02 Å². The minimum atomic E-state index is -0.530. The third-order valence-corrected chi connectivity index (χ3v) is 3.81. The van der Waals surface area contributed by atoms with Crippen LogP contribution in [0.1, 0.15) is 10.6 Å². The van der Waals surface area contributed by atoms with Crippen LogP contribution < -0.4 is 10.1 Å². The summed E-state index contributed by atoms with van der Waals surface area (Å²) >= 11 is 7.01. The van der Waals surface area contributed by atoms with Crippen molar-refractivity contribution in [2.24, 2.45) is 0 Å². The molecular weight excluding hydrogens is 303 g/mol. The highest BCUT2D eigenvalue weighted by molar-refractivity contribution is 7.15. The van der Waals surface area contributed by atoms with E-state index in [1.165, 1.54) is 29.5 Å². The molecular formula is C13H12ClFN2O2S. The van der Waals surface area contributed by atoms with Crippen LogP contribution in [0.5, 0.6) is 5.75 Å². The second-order valence-electron chi connectivity index (χ2n) is 4.07. The second-order valence-corrected chi connectivity index (χ2v) is 5.68. The first-order valence-electron chi connectivity index (χ1n) is 5.77. The molecule has 1 N–H and O–H groups in total. The normalized spacial score (nSPS) is 10.4. The Morgan fingerprint density at radius 2 is 2.25 bits per heavy atom. The van der Waals surface area contributed by atoms with Crippen molar-refractivity contribution in [1.29, 1.82) is 0 Å². The van der Waals surface area contributed by atoms with Crippen LogP contribution in [0.15, 0.2) is 18.2 Å². The van der Waals surface area contributed by atoms with Crippen LogP contribution in [-0.2, 0) is 4.79 Å². The first-order valence-corrected chi connectivity index (χ1v) is 6.97. The number of nitrogens with zero attached hydrogens (tertiary/aromatic N) is 1. The third-order valence-electron chi connectivity index (χ3n) is 2.54. The standard InChI is InChI=1S/C13H12ClFN2O2S/c1-7-8(2)20-13(16-7)17-12(18)6-19-9-3-4-11(15)10(14)5-9/h3-5H,6H2,1-2H3,(H,16,17,18). The van der Waals surface area contributed by atoms with Gasteiger partial charge in [-0.3, -0.25) is 10.1 Å². The molecule has 7 heteroatoms. The molecule has 0 radical (unpaired) electrons. The summed E-state index contributed by atoms with van der Waals surface area (Å²) in [6.45, 7) is 3.61. The van der Waals surface area contributed by atoms with Gasteiger partial charge >= 0.3 is 0 Å². The molecule has 0 aliphatic rings. The molecule has 0 aliphatic heterocycles. The third kappa shape index (κ3) is 3.68. The summed E-state index contributed by atoms with van der Waals surface area (Å²) in [5.74, 6) is -0.533. The lowest BCUT2D eigenvalue weighted by Gasteiger charge is -2.06. The Morgan fingerprint density at radius 3 is 2.85 bits per heavy atom. The summed E-state index contributed by atoms with van der Waals surface area (Å²) in [4.78, 5) is 16.9. The monoisotopic (exact) mass is 314 g/mol. The second kappa shape index (κ2) is 6.19. The van der Waals surface area contributed by atoms with Crippen molar-refractivity contribution < 1.29 is 13.9 Å². The van der Waals surface area contributed by atoms with E-state index in [4.69, 9.17) is 16.3 Å². The number of nitrogens with one attached hydrogen (secondary N) is 1. The van der Waals surface area contributed by atoms with E-state index in [-0.39, 0.29) is 17.5 Å². The first-order chi connectivity index (χ1) is 9.45. The maximum absolute atomic E-state index is 13.0. The van der Waals surface area contributed by atoms with Gasteiger partial charge in [-0.25, -0.2) is 9.37 Å². The molecule has 106 valence electrons. The molecule has 0 unspecified atom stereocenters. The summed E-state index contributed by atoms with van der Waals surface area (Å²) in [6, 6.07) is 3.91. The number of carbonyl (C=O) groups is 1. The number of anilines is 1. The lowest BCUT2D eigenvalue weighted by atomic mass is 10.3. The van der Waals surface area contributed by atoms with Crippen LogP contribution in [0.25, 0.3) is 0 Å². The first kappa shape index (κ1) is 14.7. The van der Waals surface area contributed by atoms with Gasteiger partial charge in [0.05, 0.1) is 10.7 Å². The van der Waals surface area contributed by atoms with Crippen molar-refractivity contribution >= 4 is 34.0 Å². The summed E-state index contributed by atoms with van der Waals surface area (Å²) in [7, 11) is 0. The van der Waals surface area contributed by atoms with Crippen molar-refractivity contribution in [3.8, 4) is 5.75 Å². The van der Waals surface area contributed by atoms with Gasteiger partial charge in [-0.05, 0) is 26.0 Å². The predicted octanol–water partition coefficient (Wildman–Crippen LogP) is 3.57. The Morgan fingerprint density at radius 1 is 1.50 bits per heavy atom. The minimum absolute atomic E-state index is 0.0471. The van der Waals surface area contributed by atoms with E-state index in [0.717, 1.165) is 10.6 Å². The highest BCUT2D eigenvalue weighted by Gasteiger charge is 2.09. The van der Waals surface area contributed by atoms with Crippen molar-refractivity contribution in [3.63, 3.8) is 0 Å². The number of aromatic nitrogens is 1. The van der Waals surface area contributed by atoms with Gasteiger partial charge in [0.15, 0.2) is 11.7 Å². The van der Waals surface area contributed by atoms with Crippen LogP contribution in [0.4, 0.5) is 9.52 Å². The number of thiazole rings is 1. The predicted molar refractivity (Wildman–Crippen MR) is 77.1 cm³/mol. The van der Waals surface area contributed by atoms with Crippen molar-refractivity contribution in [2.75, 3.05) is 11.9 Å². The van der Waals surface area contributed by atoms with E-state index in [2.05, 4.69) is 10.3 Å². The van der Waals surface area contributed by atoms with Gasteiger partial charge in [0.1, 0.15) is 11.6 Å². The van der Waals surface area contributed by atoms with Crippen molar-refractivity contribution in [1.82, 2.24) is 4.98 Å². The number of ether oxygens (including phenoxy) is 1. The number of halogens is 2. The molecule has 2 rings (SSSR count). The fourth-order valence-corrected chi connectivity index (χ4v) is 2.40. The van der Waals surface area contributed by atoms with E-state index in [0.29, 0.717) is 10.9 Å². The molecule has 2 aromatic rings. The maximum Gasteiger partial charge on any atom is 0.264 e. The summed E-state index contributed by atoms with van der Waals surface area (Å²) in [5.41, 5.74) is 0.886. The summed E-state index contributed by atoms with van der Waals surface area (Å²) < 4.78 is 18.2. The molecule has 1 amide bonds. The molecule has 1 heterocycles. The zero-order valence-electron chi connectivity index (χ0n) is 10.9. The highest BCUT2D eigenvalue weighted by atomic mass is 35.5. The van der Waals surface area contributed by atoms with Gasteiger partial charge in [0.2, 0.25) is 0 Å².